The topological polar surface area (TPSA) is 116 Å². The van der Waals surface area contributed by atoms with Crippen molar-refractivity contribution < 1.29 is 22.9 Å². The second-order valence-corrected chi connectivity index (χ2v) is 7.06. The second-order valence-electron chi connectivity index (χ2n) is 5.41. The van der Waals surface area contributed by atoms with E-state index in [0.29, 0.717) is 13.0 Å². The van der Waals surface area contributed by atoms with Gasteiger partial charge in [0.2, 0.25) is 5.91 Å². The van der Waals surface area contributed by atoms with Gasteiger partial charge in [0.15, 0.2) is 0 Å². The Kier molecular flexibility index (Phi) is 5.32. The summed E-state index contributed by atoms with van der Waals surface area (Å²) in [6.07, 6.45) is 2.36. The number of nitro groups is 1. The van der Waals surface area contributed by atoms with Crippen molar-refractivity contribution in [3.8, 4) is 0 Å². The van der Waals surface area contributed by atoms with E-state index in [1.165, 1.54) is 6.92 Å². The van der Waals surface area contributed by atoms with E-state index in [1.807, 2.05) is 4.72 Å². The predicted octanol–water partition coefficient (Wildman–Crippen LogP) is 1.67. The van der Waals surface area contributed by atoms with Crippen molar-refractivity contribution in [1.82, 2.24) is 4.72 Å². The Hall–Kier alpha value is -2.00. The smallest absolute Gasteiger partial charge is 0.269 e. The van der Waals surface area contributed by atoms with Gasteiger partial charge in [0, 0.05) is 25.2 Å². The van der Waals surface area contributed by atoms with Crippen LogP contribution >= 0.6 is 0 Å². The van der Waals surface area contributed by atoms with Crippen LogP contribution in [-0.2, 0) is 19.6 Å². The molecule has 1 aromatic rings. The third-order valence-electron chi connectivity index (χ3n) is 3.62. The lowest BCUT2D eigenvalue weighted by Crippen LogP contribution is -2.31. The highest BCUT2D eigenvalue weighted by Gasteiger charge is 2.23. The number of amides is 1. The van der Waals surface area contributed by atoms with Crippen molar-refractivity contribution in [3.05, 3.63) is 33.9 Å². The van der Waals surface area contributed by atoms with Gasteiger partial charge in [-0.3, -0.25) is 14.9 Å². The van der Waals surface area contributed by atoms with Crippen LogP contribution < -0.4 is 4.72 Å². The van der Waals surface area contributed by atoms with Crippen molar-refractivity contribution in [1.29, 1.82) is 0 Å². The Bertz CT molecular complexity index is 710. The first kappa shape index (κ1) is 17.4. The van der Waals surface area contributed by atoms with Crippen LogP contribution in [0.1, 0.15) is 31.2 Å². The molecule has 0 aliphatic carbocycles. The number of carbonyl (C=O) groups excluding carboxylic acids is 1. The fourth-order valence-electron chi connectivity index (χ4n) is 2.47. The molecule has 0 bridgehead atoms. The molecule has 1 atom stereocenters. The summed E-state index contributed by atoms with van der Waals surface area (Å²) in [4.78, 5) is 21.7. The Labute approximate surface area is 134 Å². The van der Waals surface area contributed by atoms with Crippen LogP contribution in [0, 0.1) is 17.0 Å². The SMILES string of the molecule is Cc1cc([N+](=O)[O-])ccc1S(=O)(=O)NC(=O)CC[C@H]1CCCO1. The van der Waals surface area contributed by atoms with Crippen molar-refractivity contribution >= 4 is 21.6 Å². The number of benzene rings is 1. The molecule has 0 unspecified atom stereocenters. The molecule has 0 spiro atoms. The van der Waals surface area contributed by atoms with Crippen LogP contribution in [0.2, 0.25) is 0 Å². The van der Waals surface area contributed by atoms with Crippen molar-refractivity contribution in [2.45, 2.75) is 43.6 Å². The Balaban J connectivity index is 2.03. The number of non-ortho nitro benzene ring substituents is 1. The molecule has 1 saturated heterocycles. The number of nitro benzene ring substituents is 1. The van der Waals surface area contributed by atoms with Gasteiger partial charge in [-0.15, -0.1) is 0 Å². The molecule has 23 heavy (non-hydrogen) atoms. The van der Waals surface area contributed by atoms with Gasteiger partial charge >= 0.3 is 0 Å². The molecule has 126 valence electrons. The molecule has 1 amide bonds. The number of sulfonamides is 1. The quantitative estimate of drug-likeness (QED) is 0.621. The summed E-state index contributed by atoms with van der Waals surface area (Å²) in [6, 6.07) is 3.38. The number of carbonyl (C=O) groups is 1. The van der Waals surface area contributed by atoms with Gasteiger partial charge in [0.1, 0.15) is 0 Å². The summed E-state index contributed by atoms with van der Waals surface area (Å²) < 4.78 is 31.8. The van der Waals surface area contributed by atoms with Crippen molar-refractivity contribution in [2.24, 2.45) is 0 Å². The van der Waals surface area contributed by atoms with E-state index in [2.05, 4.69) is 0 Å². The van der Waals surface area contributed by atoms with Crippen LogP contribution in [0.4, 0.5) is 5.69 Å². The molecule has 9 heteroatoms. The lowest BCUT2D eigenvalue weighted by Gasteiger charge is -2.11. The molecule has 0 radical (unpaired) electrons. The molecule has 2 rings (SSSR count). The van der Waals surface area contributed by atoms with Crippen LogP contribution in [0.25, 0.3) is 0 Å². The highest BCUT2D eigenvalue weighted by atomic mass is 32.2. The van der Waals surface area contributed by atoms with E-state index in [1.54, 1.807) is 0 Å². The van der Waals surface area contributed by atoms with Crippen LogP contribution in [0.15, 0.2) is 23.1 Å². The number of rotatable bonds is 6. The Morgan fingerprint density at radius 3 is 2.78 bits per heavy atom. The zero-order valence-electron chi connectivity index (χ0n) is 12.6. The average Bonchev–Trinajstić information content (AvgIpc) is 2.97. The Morgan fingerprint density at radius 2 is 2.22 bits per heavy atom. The highest BCUT2D eigenvalue weighted by molar-refractivity contribution is 7.90. The molecule has 1 N–H and O–H groups in total. The Morgan fingerprint density at radius 1 is 1.48 bits per heavy atom. The van der Waals surface area contributed by atoms with Crippen LogP contribution in [0.5, 0.6) is 0 Å². The minimum absolute atomic E-state index is 0.00423. The number of ether oxygens (including phenoxy) is 1. The van der Waals surface area contributed by atoms with Crippen LogP contribution in [-0.4, -0.2) is 32.0 Å². The van der Waals surface area contributed by atoms with Crippen molar-refractivity contribution in [2.75, 3.05) is 6.61 Å². The van der Waals surface area contributed by atoms with Gasteiger partial charge in [-0.1, -0.05) is 0 Å². The summed E-state index contributed by atoms with van der Waals surface area (Å²) in [5, 5.41) is 10.7. The fourth-order valence-corrected chi connectivity index (χ4v) is 3.71. The number of hydrogen-bond acceptors (Lipinski definition) is 6. The van der Waals surface area contributed by atoms with E-state index in [4.69, 9.17) is 4.74 Å². The summed E-state index contributed by atoms with van der Waals surface area (Å²) in [5.41, 5.74) is 0.00443. The number of aryl methyl sites for hydroxylation is 1. The molecular formula is C14H18N2O6S. The first-order valence-corrected chi connectivity index (χ1v) is 8.70. The molecule has 1 fully saturated rings. The minimum Gasteiger partial charge on any atom is -0.378 e. The van der Waals surface area contributed by atoms with E-state index >= 15 is 0 Å². The summed E-state index contributed by atoms with van der Waals surface area (Å²) in [7, 11) is -4.04. The fraction of sp³-hybridized carbons (Fsp3) is 0.500. The monoisotopic (exact) mass is 342 g/mol. The largest absolute Gasteiger partial charge is 0.378 e. The lowest BCUT2D eigenvalue weighted by molar-refractivity contribution is -0.385. The minimum atomic E-state index is -4.04. The van der Waals surface area contributed by atoms with Crippen LogP contribution in [0.3, 0.4) is 0 Å². The number of nitrogens with one attached hydrogen (secondary N) is 1. The normalized spacial score (nSPS) is 17.9. The van der Waals surface area contributed by atoms with Gasteiger partial charge < -0.3 is 4.74 Å². The van der Waals surface area contributed by atoms with E-state index in [0.717, 1.165) is 31.0 Å². The molecule has 1 heterocycles. The molecular weight excluding hydrogens is 324 g/mol. The summed E-state index contributed by atoms with van der Waals surface area (Å²) in [5.74, 6) is -0.613. The van der Waals surface area contributed by atoms with Crippen molar-refractivity contribution in [3.63, 3.8) is 0 Å². The van der Waals surface area contributed by atoms with E-state index < -0.39 is 20.9 Å². The molecule has 0 saturated carbocycles. The van der Waals surface area contributed by atoms with Gasteiger partial charge in [0.05, 0.1) is 15.9 Å². The molecule has 1 aromatic carbocycles. The van der Waals surface area contributed by atoms with Gasteiger partial charge in [0.25, 0.3) is 15.7 Å². The summed E-state index contributed by atoms with van der Waals surface area (Å²) in [6.45, 7) is 2.12. The second kappa shape index (κ2) is 7.05. The maximum absolute atomic E-state index is 12.2. The van der Waals surface area contributed by atoms with E-state index in [9.17, 15) is 23.3 Å². The first-order valence-electron chi connectivity index (χ1n) is 7.22. The lowest BCUT2D eigenvalue weighted by atomic mass is 10.1. The standard InChI is InChI=1S/C14H18N2O6S/c1-10-9-11(16(18)19)4-6-13(10)23(20,21)15-14(17)7-5-12-3-2-8-22-12/h4,6,9,12H,2-3,5,7-8H2,1H3,(H,15,17)/t12-/m1/s1. The van der Waals surface area contributed by atoms with E-state index in [-0.39, 0.29) is 28.7 Å². The number of hydrogen-bond donors (Lipinski definition) is 1. The van der Waals surface area contributed by atoms with Gasteiger partial charge in [-0.05, 0) is 37.8 Å². The summed E-state index contributed by atoms with van der Waals surface area (Å²) >= 11 is 0. The first-order chi connectivity index (χ1) is 10.8. The average molecular weight is 342 g/mol. The maximum Gasteiger partial charge on any atom is 0.269 e. The maximum atomic E-state index is 12.2. The molecule has 1 aliphatic rings. The zero-order valence-corrected chi connectivity index (χ0v) is 13.5. The molecule has 8 nitrogen and oxygen atoms in total. The van der Waals surface area contributed by atoms with Gasteiger partial charge in [-0.2, -0.15) is 0 Å². The highest BCUT2D eigenvalue weighted by Crippen LogP contribution is 2.21. The number of nitrogens with zero attached hydrogens (tertiary/aromatic N) is 1. The van der Waals surface area contributed by atoms with Gasteiger partial charge in [-0.25, -0.2) is 13.1 Å². The molecule has 1 aliphatic heterocycles. The third kappa shape index (κ3) is 4.49. The molecule has 0 aromatic heterocycles. The predicted molar refractivity (Wildman–Crippen MR) is 81.4 cm³/mol. The zero-order chi connectivity index (χ0) is 17.0. The third-order valence-corrected chi connectivity index (χ3v) is 5.16.